The van der Waals surface area contributed by atoms with Crippen molar-refractivity contribution in [1.29, 1.82) is 0 Å². The summed E-state index contributed by atoms with van der Waals surface area (Å²) in [4.78, 5) is 30.8. The van der Waals surface area contributed by atoms with E-state index in [1.165, 1.54) is 24.3 Å². The summed E-state index contributed by atoms with van der Waals surface area (Å²) in [6.07, 6.45) is 0.870. The largest absolute Gasteiger partial charge is 0.335 e. The minimum absolute atomic E-state index is 0.0721. The van der Waals surface area contributed by atoms with E-state index in [1.807, 2.05) is 24.3 Å². The predicted molar refractivity (Wildman–Crippen MR) is 111 cm³/mol. The molecule has 0 spiro atoms. The van der Waals surface area contributed by atoms with Gasteiger partial charge in [-0.15, -0.1) is 11.3 Å². The molecule has 1 aromatic heterocycles. The van der Waals surface area contributed by atoms with Crippen LogP contribution in [0.5, 0.6) is 0 Å². The number of rotatable bonds is 4. The van der Waals surface area contributed by atoms with Crippen molar-refractivity contribution in [1.82, 2.24) is 9.88 Å². The highest BCUT2D eigenvalue weighted by Gasteiger charge is 2.30. The van der Waals surface area contributed by atoms with Crippen molar-refractivity contribution in [3.63, 3.8) is 0 Å². The molecule has 2 heterocycles. The van der Waals surface area contributed by atoms with Gasteiger partial charge in [-0.2, -0.15) is 0 Å². The lowest BCUT2D eigenvalue weighted by molar-refractivity contribution is -0.132. The minimum atomic E-state index is -0.952. The number of fused-ring (bicyclic) bond motifs is 1. The van der Waals surface area contributed by atoms with Gasteiger partial charge in [0.05, 0.1) is 18.2 Å². The minimum Gasteiger partial charge on any atom is -0.335 e. The summed E-state index contributed by atoms with van der Waals surface area (Å²) in [7, 11) is 0. The van der Waals surface area contributed by atoms with Gasteiger partial charge in [-0.1, -0.05) is 24.3 Å². The molecule has 3 aromatic rings. The van der Waals surface area contributed by atoms with Crippen LogP contribution in [0.1, 0.15) is 30.5 Å². The van der Waals surface area contributed by atoms with Crippen LogP contribution in [0.2, 0.25) is 0 Å². The molecule has 4 rings (SSSR count). The highest BCUT2D eigenvalue weighted by Crippen LogP contribution is 2.33. The lowest BCUT2D eigenvalue weighted by atomic mass is 9.90. The Bertz CT molecular complexity index is 1120. The highest BCUT2D eigenvalue weighted by molar-refractivity contribution is 7.14. The van der Waals surface area contributed by atoms with E-state index in [0.29, 0.717) is 22.9 Å². The molecule has 1 atom stereocenters. The molecule has 0 bridgehead atoms. The molecule has 1 unspecified atom stereocenters. The van der Waals surface area contributed by atoms with Crippen molar-refractivity contribution in [2.24, 2.45) is 0 Å². The van der Waals surface area contributed by atoms with Gasteiger partial charge in [0.1, 0.15) is 0 Å². The Hall–Kier alpha value is -3.13. The Labute approximate surface area is 176 Å². The summed E-state index contributed by atoms with van der Waals surface area (Å²) in [5, 5.41) is 4.78. The lowest BCUT2D eigenvalue weighted by Gasteiger charge is -2.36. The van der Waals surface area contributed by atoms with Crippen LogP contribution in [0.3, 0.4) is 0 Å². The summed E-state index contributed by atoms with van der Waals surface area (Å²) < 4.78 is 26.6. The number of hydrogen-bond donors (Lipinski definition) is 1. The monoisotopic (exact) mass is 427 g/mol. The standard InChI is InChI=1S/C22H19F2N3O2S/c1-13(28)27-9-8-14-4-2-3-5-16(14)20(27)11-21(29)26-22-25-19(12-30-22)15-6-7-17(23)18(24)10-15/h2-7,10,12,20H,8-9,11H2,1H3,(H,25,26,29). The van der Waals surface area contributed by atoms with Crippen LogP contribution in [0.25, 0.3) is 11.3 Å². The van der Waals surface area contributed by atoms with E-state index in [0.717, 1.165) is 29.7 Å². The summed E-state index contributed by atoms with van der Waals surface area (Å²) >= 11 is 1.20. The van der Waals surface area contributed by atoms with Crippen LogP contribution in [0, 0.1) is 11.6 Å². The molecule has 1 aliphatic heterocycles. The number of halogens is 2. The fourth-order valence-electron chi connectivity index (χ4n) is 3.71. The third-order valence-corrected chi connectivity index (χ3v) is 5.92. The van der Waals surface area contributed by atoms with Gasteiger partial charge in [0.2, 0.25) is 11.8 Å². The van der Waals surface area contributed by atoms with E-state index >= 15 is 0 Å². The average Bonchev–Trinajstić information content (AvgIpc) is 3.18. The Morgan fingerprint density at radius 3 is 2.77 bits per heavy atom. The van der Waals surface area contributed by atoms with Gasteiger partial charge in [-0.25, -0.2) is 13.8 Å². The van der Waals surface area contributed by atoms with E-state index in [1.54, 1.807) is 10.3 Å². The number of benzene rings is 2. The van der Waals surface area contributed by atoms with E-state index < -0.39 is 11.6 Å². The van der Waals surface area contributed by atoms with Crippen molar-refractivity contribution in [3.8, 4) is 11.3 Å². The molecule has 0 saturated heterocycles. The summed E-state index contributed by atoms with van der Waals surface area (Å²) in [6.45, 7) is 2.08. The van der Waals surface area contributed by atoms with Crippen LogP contribution < -0.4 is 5.32 Å². The van der Waals surface area contributed by atoms with Crippen LogP contribution in [0.4, 0.5) is 13.9 Å². The first-order valence-corrected chi connectivity index (χ1v) is 10.4. The molecular formula is C22H19F2N3O2S. The number of thiazole rings is 1. The Morgan fingerprint density at radius 2 is 2.00 bits per heavy atom. The zero-order valence-corrected chi connectivity index (χ0v) is 17.0. The normalized spacial score (nSPS) is 15.6. The van der Waals surface area contributed by atoms with Gasteiger partial charge in [0.25, 0.3) is 0 Å². The molecular weight excluding hydrogens is 408 g/mol. The molecule has 154 valence electrons. The first kappa shape index (κ1) is 20.2. The fourth-order valence-corrected chi connectivity index (χ4v) is 4.45. The number of amides is 2. The molecule has 2 amide bonds. The summed E-state index contributed by atoms with van der Waals surface area (Å²) in [6, 6.07) is 11.0. The Morgan fingerprint density at radius 1 is 1.20 bits per heavy atom. The third-order valence-electron chi connectivity index (χ3n) is 5.16. The van der Waals surface area contributed by atoms with E-state index in [4.69, 9.17) is 0 Å². The van der Waals surface area contributed by atoms with Gasteiger partial charge < -0.3 is 10.2 Å². The molecule has 0 radical (unpaired) electrons. The zero-order valence-electron chi connectivity index (χ0n) is 16.2. The predicted octanol–water partition coefficient (Wildman–Crippen LogP) is 4.56. The van der Waals surface area contributed by atoms with Gasteiger partial charge >= 0.3 is 0 Å². The van der Waals surface area contributed by atoms with Crippen LogP contribution in [-0.4, -0.2) is 28.2 Å². The zero-order chi connectivity index (χ0) is 21.3. The maximum Gasteiger partial charge on any atom is 0.228 e. The number of aromatic nitrogens is 1. The maximum atomic E-state index is 13.5. The maximum absolute atomic E-state index is 13.5. The Balaban J connectivity index is 1.50. The van der Waals surface area contributed by atoms with Gasteiger partial charge in [0, 0.05) is 24.4 Å². The molecule has 2 aromatic carbocycles. The van der Waals surface area contributed by atoms with Crippen molar-refractivity contribution in [3.05, 3.63) is 70.6 Å². The van der Waals surface area contributed by atoms with Crippen molar-refractivity contribution in [2.45, 2.75) is 25.8 Å². The first-order valence-electron chi connectivity index (χ1n) is 9.48. The molecule has 0 fully saturated rings. The number of hydrogen-bond acceptors (Lipinski definition) is 4. The molecule has 5 nitrogen and oxygen atoms in total. The number of carbonyl (C=O) groups excluding carboxylic acids is 2. The number of nitrogens with zero attached hydrogens (tertiary/aromatic N) is 2. The lowest BCUT2D eigenvalue weighted by Crippen LogP contribution is -2.40. The molecule has 1 N–H and O–H groups in total. The summed E-state index contributed by atoms with van der Waals surface area (Å²) in [5.74, 6) is -2.22. The second-order valence-electron chi connectivity index (χ2n) is 7.10. The molecule has 0 aliphatic carbocycles. The number of carbonyl (C=O) groups is 2. The Kier molecular flexibility index (Phi) is 5.59. The topological polar surface area (TPSA) is 62.3 Å². The molecule has 8 heteroatoms. The molecule has 0 saturated carbocycles. The third kappa shape index (κ3) is 4.09. The van der Waals surface area contributed by atoms with Crippen molar-refractivity contribution >= 4 is 28.3 Å². The van der Waals surface area contributed by atoms with Crippen LogP contribution in [0.15, 0.2) is 47.8 Å². The van der Waals surface area contributed by atoms with E-state index in [2.05, 4.69) is 10.3 Å². The molecule has 30 heavy (non-hydrogen) atoms. The van der Waals surface area contributed by atoms with Crippen LogP contribution >= 0.6 is 11.3 Å². The summed E-state index contributed by atoms with van der Waals surface area (Å²) in [5.41, 5.74) is 3.00. The average molecular weight is 427 g/mol. The number of anilines is 1. The van der Waals surface area contributed by atoms with E-state index in [-0.39, 0.29) is 24.3 Å². The molecule has 1 aliphatic rings. The smallest absolute Gasteiger partial charge is 0.228 e. The second-order valence-corrected chi connectivity index (χ2v) is 7.95. The fraction of sp³-hybridized carbons (Fsp3) is 0.227. The van der Waals surface area contributed by atoms with Crippen molar-refractivity contribution in [2.75, 3.05) is 11.9 Å². The van der Waals surface area contributed by atoms with Gasteiger partial charge in [0.15, 0.2) is 16.8 Å². The highest BCUT2D eigenvalue weighted by atomic mass is 32.1. The van der Waals surface area contributed by atoms with Gasteiger partial charge in [-0.05, 0) is 35.7 Å². The SMILES string of the molecule is CC(=O)N1CCc2ccccc2C1CC(=O)Nc1nc(-c2ccc(F)c(F)c2)cs1. The van der Waals surface area contributed by atoms with Crippen LogP contribution in [-0.2, 0) is 16.0 Å². The second kappa shape index (κ2) is 8.31. The number of nitrogens with one attached hydrogen (secondary N) is 1. The van der Waals surface area contributed by atoms with Gasteiger partial charge in [-0.3, -0.25) is 9.59 Å². The quantitative estimate of drug-likeness (QED) is 0.664. The first-order chi connectivity index (χ1) is 14.4. The van der Waals surface area contributed by atoms with E-state index in [9.17, 15) is 18.4 Å². The van der Waals surface area contributed by atoms with Crippen molar-refractivity contribution < 1.29 is 18.4 Å².